The molecular weight excluding hydrogens is 343 g/mol. The van der Waals surface area contributed by atoms with Crippen LogP contribution in [-0.4, -0.2) is 34.3 Å². The van der Waals surface area contributed by atoms with Gasteiger partial charge in [0.1, 0.15) is 11.5 Å². The molecule has 1 aromatic carbocycles. The van der Waals surface area contributed by atoms with Crippen LogP contribution in [0.4, 0.5) is 16.0 Å². The Hall–Kier alpha value is -2.25. The number of nitrogens with two attached hydrogens (primary N) is 2. The number of benzene rings is 1. The van der Waals surface area contributed by atoms with Crippen molar-refractivity contribution in [1.29, 1.82) is 5.41 Å². The third kappa shape index (κ3) is 3.57. The third-order valence-corrected chi connectivity index (χ3v) is 4.77. The van der Waals surface area contributed by atoms with Crippen LogP contribution < -0.4 is 16.4 Å². The Kier molecular flexibility index (Phi) is 4.62. The first-order valence-electron chi connectivity index (χ1n) is 7.98. The number of halogens is 2. The van der Waals surface area contributed by atoms with Crippen LogP contribution in [0.25, 0.3) is 0 Å². The highest BCUT2D eigenvalue weighted by atomic mass is 35.5. The van der Waals surface area contributed by atoms with Crippen molar-refractivity contribution in [3.05, 3.63) is 46.5 Å². The fourth-order valence-corrected chi connectivity index (χ4v) is 2.98. The van der Waals surface area contributed by atoms with E-state index in [1.807, 2.05) is 6.92 Å². The Morgan fingerprint density at radius 1 is 1.36 bits per heavy atom. The van der Waals surface area contributed by atoms with Crippen molar-refractivity contribution >= 4 is 28.9 Å². The second kappa shape index (κ2) is 6.57. The highest BCUT2D eigenvalue weighted by Crippen LogP contribution is 2.25. The fourth-order valence-electron chi connectivity index (χ4n) is 2.81. The van der Waals surface area contributed by atoms with E-state index in [1.165, 1.54) is 12.1 Å². The molecule has 3 rings (SSSR count). The minimum absolute atomic E-state index is 0.0399. The van der Waals surface area contributed by atoms with Crippen molar-refractivity contribution in [2.75, 3.05) is 23.7 Å². The summed E-state index contributed by atoms with van der Waals surface area (Å²) in [5.41, 5.74) is 12.0. The van der Waals surface area contributed by atoms with Crippen molar-refractivity contribution < 1.29 is 4.39 Å². The molecule has 2 heterocycles. The van der Waals surface area contributed by atoms with E-state index >= 15 is 0 Å². The summed E-state index contributed by atoms with van der Waals surface area (Å²) < 4.78 is 14.1. The molecule has 5 N–H and O–H groups in total. The van der Waals surface area contributed by atoms with Crippen molar-refractivity contribution in [1.82, 2.24) is 9.97 Å². The molecule has 25 heavy (non-hydrogen) atoms. The molecule has 1 aliphatic rings. The number of nitrogens with one attached hydrogen (secondary N) is 1. The molecule has 6 nitrogen and oxygen atoms in total. The molecule has 0 atom stereocenters. The number of nitrogen functional groups attached to an aromatic ring is 1. The van der Waals surface area contributed by atoms with Crippen LogP contribution in [0.1, 0.15) is 31.0 Å². The summed E-state index contributed by atoms with van der Waals surface area (Å²) in [5.74, 6) is 0.0526. The van der Waals surface area contributed by atoms with Gasteiger partial charge in [0, 0.05) is 24.2 Å². The maximum Gasteiger partial charge on any atom is 0.154 e. The molecule has 0 bridgehead atoms. The Labute approximate surface area is 150 Å². The number of aromatic nitrogens is 2. The monoisotopic (exact) mass is 362 g/mol. The summed E-state index contributed by atoms with van der Waals surface area (Å²) in [6.45, 7) is 3.57. The van der Waals surface area contributed by atoms with Gasteiger partial charge in [-0.25, -0.2) is 14.4 Å². The Morgan fingerprint density at radius 3 is 2.68 bits per heavy atom. The Morgan fingerprint density at radius 2 is 2.04 bits per heavy atom. The second-order valence-corrected chi connectivity index (χ2v) is 6.99. The van der Waals surface area contributed by atoms with Gasteiger partial charge >= 0.3 is 0 Å². The van der Waals surface area contributed by atoms with E-state index < -0.39 is 5.82 Å². The molecule has 132 valence electrons. The molecule has 0 radical (unpaired) electrons. The van der Waals surface area contributed by atoms with Crippen molar-refractivity contribution in [2.24, 2.45) is 5.73 Å². The molecular formula is C17H20ClFN6. The number of piperidine rings is 1. The van der Waals surface area contributed by atoms with Crippen LogP contribution in [0.3, 0.4) is 0 Å². The first-order chi connectivity index (χ1) is 11.8. The Bertz CT molecular complexity index is 813. The van der Waals surface area contributed by atoms with Crippen molar-refractivity contribution in [3.8, 4) is 0 Å². The minimum atomic E-state index is -0.669. The zero-order valence-corrected chi connectivity index (χ0v) is 14.6. The topological polar surface area (TPSA) is 105 Å². The van der Waals surface area contributed by atoms with E-state index in [2.05, 4.69) is 14.9 Å². The average Bonchev–Trinajstić information content (AvgIpc) is 2.57. The van der Waals surface area contributed by atoms with Crippen molar-refractivity contribution in [3.63, 3.8) is 0 Å². The van der Waals surface area contributed by atoms with Crippen LogP contribution in [-0.2, 0) is 0 Å². The maximum atomic E-state index is 14.1. The van der Waals surface area contributed by atoms with Crippen LogP contribution in [0, 0.1) is 11.2 Å². The van der Waals surface area contributed by atoms with E-state index in [0.717, 1.165) is 25.9 Å². The molecule has 8 heteroatoms. The van der Waals surface area contributed by atoms with E-state index in [9.17, 15) is 4.39 Å². The lowest BCUT2D eigenvalue weighted by Crippen LogP contribution is -2.48. The molecule has 0 saturated carbocycles. The third-order valence-electron chi connectivity index (χ3n) is 4.47. The molecule has 1 aliphatic heterocycles. The summed E-state index contributed by atoms with van der Waals surface area (Å²) in [7, 11) is 0. The van der Waals surface area contributed by atoms with E-state index in [-0.39, 0.29) is 33.3 Å². The SMILES string of the molecule is CC1(N)CCN(c2cnc(C(=N)c3cccc(Cl)c3F)c(N)n2)CC1. The van der Waals surface area contributed by atoms with Gasteiger partial charge in [0.15, 0.2) is 11.6 Å². The molecule has 1 fully saturated rings. The zero-order valence-electron chi connectivity index (χ0n) is 13.9. The highest BCUT2D eigenvalue weighted by molar-refractivity contribution is 6.31. The first kappa shape index (κ1) is 17.6. The smallest absolute Gasteiger partial charge is 0.154 e. The van der Waals surface area contributed by atoms with Gasteiger partial charge in [0.05, 0.1) is 16.9 Å². The molecule has 0 aliphatic carbocycles. The summed E-state index contributed by atoms with van der Waals surface area (Å²) in [6, 6.07) is 4.46. The minimum Gasteiger partial charge on any atom is -0.382 e. The first-order valence-corrected chi connectivity index (χ1v) is 8.36. The zero-order chi connectivity index (χ0) is 18.2. The van der Waals surface area contributed by atoms with Crippen LogP contribution in [0.2, 0.25) is 5.02 Å². The summed E-state index contributed by atoms with van der Waals surface area (Å²) >= 11 is 5.78. The molecule has 0 amide bonds. The second-order valence-electron chi connectivity index (χ2n) is 6.58. The number of rotatable bonds is 3. The molecule has 1 saturated heterocycles. The van der Waals surface area contributed by atoms with E-state index in [1.54, 1.807) is 12.3 Å². The lowest BCUT2D eigenvalue weighted by atomic mass is 9.91. The Balaban J connectivity index is 1.85. The maximum absolute atomic E-state index is 14.1. The molecule has 0 spiro atoms. The van der Waals surface area contributed by atoms with E-state index in [0.29, 0.717) is 5.82 Å². The predicted octanol–water partition coefficient (Wildman–Crippen LogP) is 2.59. The molecule has 2 aromatic rings. The van der Waals surface area contributed by atoms with Gasteiger partial charge < -0.3 is 16.4 Å². The number of nitrogens with zero attached hydrogens (tertiary/aromatic N) is 3. The summed E-state index contributed by atoms with van der Waals surface area (Å²) in [4.78, 5) is 10.7. The van der Waals surface area contributed by atoms with Gasteiger partial charge in [-0.2, -0.15) is 0 Å². The summed E-state index contributed by atoms with van der Waals surface area (Å²) in [6.07, 6.45) is 3.25. The van der Waals surface area contributed by atoms with Crippen LogP contribution >= 0.6 is 11.6 Å². The standard InChI is InChI=1S/C17H20ClFN6/c1-17(22)5-7-25(8-6-17)12-9-23-15(16(21)24-12)14(20)10-3-2-4-11(18)13(10)19/h2-4,9,20H,5-8,22H2,1H3,(H2,21,24). The van der Waals surface area contributed by atoms with Crippen molar-refractivity contribution in [2.45, 2.75) is 25.3 Å². The van der Waals surface area contributed by atoms with E-state index in [4.69, 9.17) is 28.5 Å². The van der Waals surface area contributed by atoms with Gasteiger partial charge in [-0.05, 0) is 31.9 Å². The van der Waals surface area contributed by atoms with Gasteiger partial charge in [-0.1, -0.05) is 17.7 Å². The quantitative estimate of drug-likeness (QED) is 0.728. The lowest BCUT2D eigenvalue weighted by Gasteiger charge is -2.37. The fraction of sp³-hybridized carbons (Fsp3) is 0.353. The number of anilines is 2. The van der Waals surface area contributed by atoms with Crippen LogP contribution in [0.5, 0.6) is 0 Å². The number of hydrogen-bond donors (Lipinski definition) is 3. The molecule has 1 aromatic heterocycles. The summed E-state index contributed by atoms with van der Waals surface area (Å²) in [5, 5.41) is 8.15. The van der Waals surface area contributed by atoms with Gasteiger partial charge in [-0.15, -0.1) is 0 Å². The normalized spacial score (nSPS) is 16.7. The lowest BCUT2D eigenvalue weighted by molar-refractivity contribution is 0.363. The van der Waals surface area contributed by atoms with Gasteiger partial charge in [0.2, 0.25) is 0 Å². The largest absolute Gasteiger partial charge is 0.382 e. The number of hydrogen-bond acceptors (Lipinski definition) is 6. The van der Waals surface area contributed by atoms with Gasteiger partial charge in [-0.3, -0.25) is 5.41 Å². The predicted molar refractivity (Wildman–Crippen MR) is 97.8 cm³/mol. The van der Waals surface area contributed by atoms with Gasteiger partial charge in [0.25, 0.3) is 0 Å². The highest BCUT2D eigenvalue weighted by Gasteiger charge is 2.27. The average molecular weight is 363 g/mol. The van der Waals surface area contributed by atoms with Crippen LogP contribution in [0.15, 0.2) is 24.4 Å². The molecule has 0 unspecified atom stereocenters.